The fourth-order valence-corrected chi connectivity index (χ4v) is 0.682. The third-order valence-corrected chi connectivity index (χ3v) is 1.83. The van der Waals surface area contributed by atoms with E-state index in [0.717, 1.165) is 6.54 Å². The van der Waals surface area contributed by atoms with Crippen molar-refractivity contribution < 1.29 is 17.1 Å². The average Bonchev–Trinajstić information content (AvgIpc) is 1.82. The van der Waals surface area contributed by atoms with Crippen LogP contribution >= 0.6 is 24.8 Å². The van der Waals surface area contributed by atoms with Crippen LogP contribution < -0.4 is 0 Å². The van der Waals surface area contributed by atoms with Gasteiger partial charge in [0.25, 0.3) is 0 Å². The molecule has 0 aliphatic carbocycles. The topological polar surface area (TPSA) is 3.24 Å². The summed E-state index contributed by atoms with van der Waals surface area (Å²) in [5.41, 5.74) is 0. The second-order valence-corrected chi connectivity index (χ2v) is 3.17. The quantitative estimate of drug-likeness (QED) is 0.445. The third kappa shape index (κ3) is 6.87. The van der Waals surface area contributed by atoms with E-state index in [0.29, 0.717) is 4.32 Å². The molecule has 0 atom stereocenters. The Balaban J connectivity index is 0. The molecule has 0 heterocycles. The molecule has 0 aliphatic heterocycles. The molecular formula is C6H13CuNS2. The first-order valence-corrected chi connectivity index (χ1v) is 3.98. The van der Waals surface area contributed by atoms with Gasteiger partial charge in [0, 0.05) is 30.7 Å². The monoisotopic (exact) mass is 226 g/mol. The van der Waals surface area contributed by atoms with Crippen molar-refractivity contribution in [3.63, 3.8) is 0 Å². The van der Waals surface area contributed by atoms with Gasteiger partial charge in [-0.05, 0) is 6.42 Å². The average molecular weight is 227 g/mol. The van der Waals surface area contributed by atoms with E-state index < -0.39 is 0 Å². The number of unbranched alkanes of at least 4 members (excludes halogenated alkanes) is 1. The molecule has 0 spiro atoms. The summed E-state index contributed by atoms with van der Waals surface area (Å²) in [6.45, 7) is 3.19. The molecule has 4 heteroatoms. The maximum Gasteiger partial charge on any atom is 0.133 e. The fraction of sp³-hybridized carbons (Fsp3) is 0.833. The van der Waals surface area contributed by atoms with Crippen molar-refractivity contribution in [3.8, 4) is 0 Å². The van der Waals surface area contributed by atoms with Crippen LogP contribution in [0.1, 0.15) is 19.8 Å². The summed E-state index contributed by atoms with van der Waals surface area (Å²) in [5.74, 6) is 0. The zero-order chi connectivity index (χ0) is 7.28. The molecule has 10 heavy (non-hydrogen) atoms. The Bertz CT molecular complexity index is 97.7. The Morgan fingerprint density at radius 1 is 1.60 bits per heavy atom. The molecule has 65 valence electrons. The van der Waals surface area contributed by atoms with E-state index in [2.05, 4.69) is 19.6 Å². The molecule has 0 rings (SSSR count). The molecule has 0 amide bonds. The number of thiocarbonyl (C=S) groups is 1. The molecule has 0 N–H and O–H groups in total. The number of nitrogens with zero attached hydrogens (tertiary/aromatic N) is 1. The summed E-state index contributed by atoms with van der Waals surface area (Å²) in [5, 5.41) is 0. The molecule has 0 fully saturated rings. The van der Waals surface area contributed by atoms with Crippen LogP contribution in [-0.4, -0.2) is 22.8 Å². The van der Waals surface area contributed by atoms with Crippen molar-refractivity contribution in [2.24, 2.45) is 0 Å². The minimum absolute atomic E-state index is 0. The van der Waals surface area contributed by atoms with Crippen molar-refractivity contribution in [2.75, 3.05) is 13.6 Å². The minimum Gasteiger partial charge on any atom is -0.361 e. The second kappa shape index (κ2) is 7.86. The SMILES string of the molecule is CCCCN(C)C(=S)S.[Cu]. The van der Waals surface area contributed by atoms with Gasteiger partial charge in [0.15, 0.2) is 0 Å². The maximum absolute atomic E-state index is 4.82. The zero-order valence-corrected chi connectivity index (χ0v) is 8.88. The van der Waals surface area contributed by atoms with Gasteiger partial charge >= 0.3 is 0 Å². The predicted octanol–water partition coefficient (Wildman–Crippen LogP) is 1.93. The summed E-state index contributed by atoms with van der Waals surface area (Å²) in [6.07, 6.45) is 2.40. The molecule has 0 bridgehead atoms. The van der Waals surface area contributed by atoms with Crippen LogP contribution in [0.4, 0.5) is 0 Å². The molecule has 0 aromatic carbocycles. The van der Waals surface area contributed by atoms with Gasteiger partial charge in [-0.15, -0.1) is 12.6 Å². The van der Waals surface area contributed by atoms with E-state index in [9.17, 15) is 0 Å². The number of thiol groups is 1. The van der Waals surface area contributed by atoms with Crippen LogP contribution in [0.3, 0.4) is 0 Å². The van der Waals surface area contributed by atoms with E-state index in [4.69, 9.17) is 12.2 Å². The van der Waals surface area contributed by atoms with Crippen molar-refractivity contribution in [1.82, 2.24) is 4.90 Å². The Labute approximate surface area is 84.4 Å². The summed E-state index contributed by atoms with van der Waals surface area (Å²) < 4.78 is 0.684. The van der Waals surface area contributed by atoms with E-state index >= 15 is 0 Å². The summed E-state index contributed by atoms with van der Waals surface area (Å²) in [4.78, 5) is 1.97. The van der Waals surface area contributed by atoms with Crippen molar-refractivity contribution in [2.45, 2.75) is 19.8 Å². The molecular weight excluding hydrogens is 214 g/mol. The van der Waals surface area contributed by atoms with Crippen molar-refractivity contribution in [1.29, 1.82) is 0 Å². The van der Waals surface area contributed by atoms with Crippen LogP contribution in [0.15, 0.2) is 0 Å². The number of hydrogen-bond acceptors (Lipinski definition) is 1. The van der Waals surface area contributed by atoms with Gasteiger partial charge in [0.2, 0.25) is 0 Å². The first kappa shape index (κ1) is 13.4. The summed E-state index contributed by atoms with van der Waals surface area (Å²) >= 11 is 8.84. The Kier molecular flexibility index (Phi) is 10.5. The first-order chi connectivity index (χ1) is 4.18. The third-order valence-electron chi connectivity index (χ3n) is 1.17. The number of rotatable bonds is 3. The first-order valence-electron chi connectivity index (χ1n) is 3.12. The standard InChI is InChI=1S/C6H13NS2.Cu/c1-3-4-5-7(2)6(8)9;/h3-5H2,1-2H3,(H,8,9);. The largest absolute Gasteiger partial charge is 0.361 e. The predicted molar refractivity (Wildman–Crippen MR) is 49.1 cm³/mol. The minimum atomic E-state index is 0. The zero-order valence-electron chi connectivity index (χ0n) is 6.23. The van der Waals surface area contributed by atoms with E-state index in [-0.39, 0.29) is 17.1 Å². The summed E-state index contributed by atoms with van der Waals surface area (Å²) in [7, 11) is 1.96. The van der Waals surface area contributed by atoms with Gasteiger partial charge in [0.05, 0.1) is 0 Å². The van der Waals surface area contributed by atoms with Crippen LogP contribution in [0, 0.1) is 0 Å². The van der Waals surface area contributed by atoms with Gasteiger partial charge in [-0.25, -0.2) is 0 Å². The molecule has 0 aliphatic rings. The van der Waals surface area contributed by atoms with Gasteiger partial charge in [-0.1, -0.05) is 25.6 Å². The van der Waals surface area contributed by atoms with Gasteiger partial charge < -0.3 is 4.90 Å². The van der Waals surface area contributed by atoms with E-state index in [1.54, 1.807) is 0 Å². The Morgan fingerprint density at radius 2 is 2.10 bits per heavy atom. The molecule has 1 radical (unpaired) electrons. The van der Waals surface area contributed by atoms with Crippen LogP contribution in [0.5, 0.6) is 0 Å². The number of hydrogen-bond donors (Lipinski definition) is 1. The molecule has 1 nitrogen and oxygen atoms in total. The molecule has 0 saturated heterocycles. The fourth-order valence-electron chi connectivity index (χ4n) is 0.491. The molecule has 0 aromatic rings. The second-order valence-electron chi connectivity index (χ2n) is 2.06. The van der Waals surface area contributed by atoms with Crippen molar-refractivity contribution in [3.05, 3.63) is 0 Å². The summed E-state index contributed by atoms with van der Waals surface area (Å²) in [6, 6.07) is 0. The molecule has 0 saturated carbocycles. The van der Waals surface area contributed by atoms with E-state index in [1.807, 2.05) is 11.9 Å². The van der Waals surface area contributed by atoms with Crippen molar-refractivity contribution >= 4 is 29.2 Å². The van der Waals surface area contributed by atoms with Crippen LogP contribution in [-0.2, 0) is 17.1 Å². The van der Waals surface area contributed by atoms with Gasteiger partial charge in [-0.2, -0.15) is 0 Å². The smallest absolute Gasteiger partial charge is 0.133 e. The Hall–Kier alpha value is 0.759. The molecule has 0 unspecified atom stereocenters. The van der Waals surface area contributed by atoms with Gasteiger partial charge in [0.1, 0.15) is 4.32 Å². The van der Waals surface area contributed by atoms with Crippen LogP contribution in [0.25, 0.3) is 0 Å². The molecule has 0 aromatic heterocycles. The normalized spacial score (nSPS) is 8.30. The maximum atomic E-state index is 4.82. The van der Waals surface area contributed by atoms with Crippen LogP contribution in [0.2, 0.25) is 0 Å². The van der Waals surface area contributed by atoms with E-state index in [1.165, 1.54) is 12.8 Å². The Morgan fingerprint density at radius 3 is 2.40 bits per heavy atom. The van der Waals surface area contributed by atoms with Gasteiger partial charge in [-0.3, -0.25) is 0 Å².